The van der Waals surface area contributed by atoms with Gasteiger partial charge in [-0.1, -0.05) is 0 Å². The van der Waals surface area contributed by atoms with E-state index in [0.717, 1.165) is 25.3 Å². The van der Waals surface area contributed by atoms with Crippen molar-refractivity contribution in [3.63, 3.8) is 0 Å². The molecule has 0 aliphatic carbocycles. The van der Waals surface area contributed by atoms with Crippen LogP contribution in [-0.2, 0) is 10.9 Å². The Morgan fingerprint density at radius 3 is 2.29 bits per heavy atom. The lowest BCUT2D eigenvalue weighted by atomic mass is 9.78. The number of carbonyl (C=O) groups excluding carboxylic acids is 1. The lowest BCUT2D eigenvalue weighted by Crippen LogP contribution is -2.46. The highest BCUT2D eigenvalue weighted by molar-refractivity contribution is 5.68. The molecule has 0 atom stereocenters. The number of hydrogen-bond acceptors (Lipinski definition) is 5. The molecule has 2 aliphatic heterocycles. The first-order chi connectivity index (χ1) is 12.9. The minimum atomic E-state index is -4.49. The van der Waals surface area contributed by atoms with Gasteiger partial charge in [-0.3, -0.25) is 0 Å². The average molecular weight is 400 g/mol. The molecular formula is C19H27F3N4O2. The van der Waals surface area contributed by atoms with Gasteiger partial charge in [0.05, 0.1) is 0 Å². The van der Waals surface area contributed by atoms with Crippen LogP contribution in [0.15, 0.2) is 6.07 Å². The van der Waals surface area contributed by atoms with Gasteiger partial charge in [-0.05, 0) is 52.4 Å². The van der Waals surface area contributed by atoms with Crippen LogP contribution >= 0.6 is 0 Å². The number of halogens is 3. The Kier molecular flexibility index (Phi) is 5.22. The normalized spacial score (nSPS) is 20.0. The fourth-order valence-electron chi connectivity index (χ4n) is 3.89. The number of hydrogen-bond donors (Lipinski definition) is 0. The van der Waals surface area contributed by atoms with Crippen LogP contribution in [0.3, 0.4) is 0 Å². The number of anilines is 1. The summed E-state index contributed by atoms with van der Waals surface area (Å²) < 4.78 is 44.6. The molecule has 0 aromatic carbocycles. The Bertz CT molecular complexity index is 738. The van der Waals surface area contributed by atoms with Crippen LogP contribution in [0.25, 0.3) is 0 Å². The Labute approximate surface area is 163 Å². The topological polar surface area (TPSA) is 58.6 Å². The van der Waals surface area contributed by atoms with Crippen LogP contribution in [0.1, 0.15) is 51.6 Å². The van der Waals surface area contributed by atoms with E-state index in [1.807, 2.05) is 25.7 Å². The van der Waals surface area contributed by atoms with Gasteiger partial charge in [-0.15, -0.1) is 0 Å². The number of aryl methyl sites for hydroxylation is 1. The van der Waals surface area contributed by atoms with Crippen molar-refractivity contribution in [1.29, 1.82) is 0 Å². The summed E-state index contributed by atoms with van der Waals surface area (Å²) >= 11 is 0. The molecule has 1 aromatic heterocycles. The number of piperidine rings is 1. The van der Waals surface area contributed by atoms with E-state index in [4.69, 9.17) is 4.74 Å². The van der Waals surface area contributed by atoms with Gasteiger partial charge in [-0.2, -0.15) is 13.2 Å². The van der Waals surface area contributed by atoms with E-state index < -0.39 is 17.5 Å². The number of alkyl halides is 3. The zero-order valence-corrected chi connectivity index (χ0v) is 16.8. The molecule has 1 aromatic rings. The summed E-state index contributed by atoms with van der Waals surface area (Å²) in [7, 11) is 0. The van der Waals surface area contributed by atoms with Gasteiger partial charge in [0, 0.05) is 32.2 Å². The third kappa shape index (κ3) is 4.67. The van der Waals surface area contributed by atoms with Crippen molar-refractivity contribution < 1.29 is 22.7 Å². The van der Waals surface area contributed by atoms with Gasteiger partial charge in [0.25, 0.3) is 0 Å². The largest absolute Gasteiger partial charge is 0.444 e. The standard InChI is InChI=1S/C19H27F3N4O2/c1-13-23-14(19(20,21)22)11-15(24-13)26-10-7-18(12-26)5-8-25(9-6-18)16(27)28-17(2,3)4/h11H,5-10,12H2,1-4H3. The lowest BCUT2D eigenvalue weighted by molar-refractivity contribution is -0.141. The van der Waals surface area contributed by atoms with E-state index in [9.17, 15) is 18.0 Å². The van der Waals surface area contributed by atoms with Crippen molar-refractivity contribution in [2.45, 2.75) is 58.7 Å². The summed E-state index contributed by atoms with van der Waals surface area (Å²) in [5.41, 5.74) is -1.44. The molecule has 0 saturated carbocycles. The maximum absolute atomic E-state index is 13.1. The maximum atomic E-state index is 13.1. The van der Waals surface area contributed by atoms with Crippen molar-refractivity contribution in [1.82, 2.24) is 14.9 Å². The highest BCUT2D eigenvalue weighted by Crippen LogP contribution is 2.42. The van der Waals surface area contributed by atoms with Gasteiger partial charge in [-0.25, -0.2) is 14.8 Å². The minimum absolute atomic E-state index is 0.00420. The van der Waals surface area contributed by atoms with Gasteiger partial charge in [0.1, 0.15) is 22.9 Å². The molecule has 6 nitrogen and oxygen atoms in total. The second-order valence-corrected chi connectivity index (χ2v) is 8.80. The summed E-state index contributed by atoms with van der Waals surface area (Å²) in [5.74, 6) is 0.441. The molecule has 2 fully saturated rings. The van der Waals surface area contributed by atoms with Crippen LogP contribution in [-0.4, -0.2) is 52.7 Å². The summed E-state index contributed by atoms with van der Waals surface area (Å²) in [6.07, 6.45) is -2.31. The molecule has 2 aliphatic rings. The van der Waals surface area contributed by atoms with Gasteiger partial charge < -0.3 is 14.5 Å². The van der Waals surface area contributed by atoms with E-state index in [-0.39, 0.29) is 17.3 Å². The van der Waals surface area contributed by atoms with Crippen molar-refractivity contribution in [2.24, 2.45) is 5.41 Å². The molecule has 0 unspecified atom stereocenters. The van der Waals surface area contributed by atoms with E-state index in [1.165, 1.54) is 6.92 Å². The molecular weight excluding hydrogens is 373 g/mol. The zero-order valence-electron chi connectivity index (χ0n) is 16.8. The van der Waals surface area contributed by atoms with Crippen LogP contribution in [0.4, 0.5) is 23.8 Å². The van der Waals surface area contributed by atoms with Crippen molar-refractivity contribution in [3.8, 4) is 0 Å². The first-order valence-corrected chi connectivity index (χ1v) is 9.53. The SMILES string of the molecule is Cc1nc(N2CCC3(CCN(C(=O)OC(C)(C)C)CC3)C2)cc(C(F)(F)F)n1. The predicted molar refractivity (Wildman–Crippen MR) is 98.1 cm³/mol. The van der Waals surface area contributed by atoms with Gasteiger partial charge in [0.2, 0.25) is 0 Å². The smallest absolute Gasteiger partial charge is 0.433 e. The molecule has 156 valence electrons. The number of carbonyl (C=O) groups is 1. The molecule has 1 spiro atoms. The lowest BCUT2D eigenvalue weighted by Gasteiger charge is -2.39. The number of ether oxygens (including phenoxy) is 1. The fourth-order valence-corrected chi connectivity index (χ4v) is 3.89. The molecule has 1 amide bonds. The fraction of sp³-hybridized carbons (Fsp3) is 0.737. The number of rotatable bonds is 1. The van der Waals surface area contributed by atoms with Crippen molar-refractivity contribution in [2.75, 3.05) is 31.1 Å². The number of aromatic nitrogens is 2. The highest BCUT2D eigenvalue weighted by Gasteiger charge is 2.43. The second kappa shape index (κ2) is 7.08. The molecule has 0 N–H and O–H groups in total. The van der Waals surface area contributed by atoms with Crippen LogP contribution in [0, 0.1) is 12.3 Å². The molecule has 3 heterocycles. The Morgan fingerprint density at radius 1 is 1.11 bits per heavy atom. The van der Waals surface area contributed by atoms with Crippen LogP contribution in [0.2, 0.25) is 0 Å². The minimum Gasteiger partial charge on any atom is -0.444 e. The molecule has 2 saturated heterocycles. The third-order valence-electron chi connectivity index (χ3n) is 5.35. The summed E-state index contributed by atoms with van der Waals surface area (Å²) in [6, 6.07) is 1.03. The van der Waals surface area contributed by atoms with E-state index in [0.29, 0.717) is 32.0 Å². The Hall–Kier alpha value is -2.06. The van der Waals surface area contributed by atoms with Crippen molar-refractivity contribution in [3.05, 3.63) is 17.6 Å². The van der Waals surface area contributed by atoms with E-state index in [1.54, 1.807) is 4.90 Å². The van der Waals surface area contributed by atoms with Crippen LogP contribution in [0.5, 0.6) is 0 Å². The molecule has 28 heavy (non-hydrogen) atoms. The molecule has 9 heteroatoms. The number of amides is 1. The Morgan fingerprint density at radius 2 is 1.71 bits per heavy atom. The highest BCUT2D eigenvalue weighted by atomic mass is 19.4. The first kappa shape index (κ1) is 20.7. The predicted octanol–water partition coefficient (Wildman–Crippen LogP) is 4.03. The first-order valence-electron chi connectivity index (χ1n) is 9.53. The monoisotopic (exact) mass is 400 g/mol. The summed E-state index contributed by atoms with van der Waals surface area (Å²) in [6.45, 7) is 9.48. The Balaban J connectivity index is 1.65. The number of nitrogens with zero attached hydrogens (tertiary/aromatic N) is 4. The van der Waals surface area contributed by atoms with Crippen molar-refractivity contribution >= 4 is 11.9 Å². The van der Waals surface area contributed by atoms with Crippen LogP contribution < -0.4 is 4.90 Å². The van der Waals surface area contributed by atoms with E-state index in [2.05, 4.69) is 9.97 Å². The maximum Gasteiger partial charge on any atom is 0.433 e. The average Bonchev–Trinajstić information content (AvgIpc) is 2.96. The van der Waals surface area contributed by atoms with Gasteiger partial charge >= 0.3 is 12.3 Å². The summed E-state index contributed by atoms with van der Waals surface area (Å²) in [4.78, 5) is 23.6. The quantitative estimate of drug-likeness (QED) is 0.712. The molecule has 0 radical (unpaired) electrons. The zero-order chi connectivity index (χ0) is 20.7. The summed E-state index contributed by atoms with van der Waals surface area (Å²) in [5, 5.41) is 0. The molecule has 3 rings (SSSR count). The number of likely N-dealkylation sites (tertiary alicyclic amines) is 1. The molecule has 0 bridgehead atoms. The van der Waals surface area contributed by atoms with E-state index >= 15 is 0 Å². The second-order valence-electron chi connectivity index (χ2n) is 8.80. The third-order valence-corrected chi connectivity index (χ3v) is 5.35. The van der Waals surface area contributed by atoms with Gasteiger partial charge in [0.15, 0.2) is 0 Å².